The predicted octanol–water partition coefficient (Wildman–Crippen LogP) is 1.75. The van der Waals surface area contributed by atoms with Gasteiger partial charge in [0, 0.05) is 24.8 Å². The summed E-state index contributed by atoms with van der Waals surface area (Å²) in [6.07, 6.45) is 0.247. The van der Waals surface area contributed by atoms with Gasteiger partial charge in [-0.3, -0.25) is 0 Å². The van der Waals surface area contributed by atoms with Crippen molar-refractivity contribution in [3.63, 3.8) is 0 Å². The highest BCUT2D eigenvalue weighted by molar-refractivity contribution is 5.43. The van der Waals surface area contributed by atoms with Crippen molar-refractivity contribution in [3.8, 4) is 11.6 Å². The molecule has 0 aliphatic heterocycles. The molecule has 2 aromatic rings. The minimum absolute atomic E-state index is 0.0901. The van der Waals surface area contributed by atoms with Crippen LogP contribution < -0.4 is 0 Å². The molecular formula is C7H5F3N4. The van der Waals surface area contributed by atoms with E-state index in [4.69, 9.17) is 0 Å². The molecule has 14 heavy (non-hydrogen) atoms. The molecule has 2 rings (SSSR count). The van der Waals surface area contributed by atoms with Gasteiger partial charge in [-0.25, -0.2) is 14.5 Å². The highest BCUT2D eigenvalue weighted by Crippen LogP contribution is 2.26. The van der Waals surface area contributed by atoms with Crippen molar-refractivity contribution in [1.29, 1.82) is 0 Å². The van der Waals surface area contributed by atoms with Gasteiger partial charge in [0.1, 0.15) is 0 Å². The molecule has 0 fully saturated rings. The number of nitrogens with one attached hydrogen (secondary N) is 1. The Morgan fingerprint density at radius 3 is 2.57 bits per heavy atom. The van der Waals surface area contributed by atoms with E-state index in [2.05, 4.69) is 15.0 Å². The van der Waals surface area contributed by atoms with Crippen LogP contribution in [0.4, 0.5) is 13.2 Å². The summed E-state index contributed by atoms with van der Waals surface area (Å²) in [5.41, 5.74) is 0. The van der Waals surface area contributed by atoms with Crippen molar-refractivity contribution in [2.24, 2.45) is 0 Å². The Balaban J connectivity index is 2.51. The van der Waals surface area contributed by atoms with Crippen LogP contribution in [0.15, 0.2) is 24.8 Å². The fraction of sp³-hybridized carbons (Fsp3) is 0.143. The van der Waals surface area contributed by atoms with Gasteiger partial charge in [-0.2, -0.15) is 0 Å². The number of imidazole rings is 2. The number of aromatic amines is 1. The van der Waals surface area contributed by atoms with Gasteiger partial charge in [-0.15, -0.1) is 13.2 Å². The summed E-state index contributed by atoms with van der Waals surface area (Å²) in [5, 5.41) is 0. The third-order valence-corrected chi connectivity index (χ3v) is 1.62. The topological polar surface area (TPSA) is 46.5 Å². The standard InChI is InChI=1S/C7H5F3N4/c8-7(9,10)14-4-3-13-6(14)5-11-1-2-12-5/h1-4H,(H,11,12). The summed E-state index contributed by atoms with van der Waals surface area (Å²) in [7, 11) is 0. The number of halogens is 3. The first-order chi connectivity index (χ1) is 6.59. The fourth-order valence-corrected chi connectivity index (χ4v) is 1.07. The van der Waals surface area contributed by atoms with E-state index >= 15 is 0 Å². The van der Waals surface area contributed by atoms with Gasteiger partial charge in [0.2, 0.25) is 0 Å². The Bertz CT molecular complexity index is 414. The van der Waals surface area contributed by atoms with E-state index in [-0.39, 0.29) is 16.2 Å². The van der Waals surface area contributed by atoms with E-state index in [0.29, 0.717) is 0 Å². The molecule has 4 nitrogen and oxygen atoms in total. The van der Waals surface area contributed by atoms with Gasteiger partial charge in [0.05, 0.1) is 0 Å². The lowest BCUT2D eigenvalue weighted by Gasteiger charge is -2.08. The molecule has 0 saturated heterocycles. The zero-order chi connectivity index (χ0) is 10.2. The number of hydrogen-bond acceptors (Lipinski definition) is 2. The third kappa shape index (κ3) is 1.36. The van der Waals surface area contributed by atoms with Crippen molar-refractivity contribution >= 4 is 0 Å². The van der Waals surface area contributed by atoms with Crippen molar-refractivity contribution in [2.45, 2.75) is 6.30 Å². The first-order valence-corrected chi connectivity index (χ1v) is 3.69. The molecule has 0 aliphatic carbocycles. The van der Waals surface area contributed by atoms with Crippen LogP contribution in [-0.4, -0.2) is 19.5 Å². The van der Waals surface area contributed by atoms with Crippen molar-refractivity contribution < 1.29 is 13.2 Å². The number of alkyl halides is 3. The van der Waals surface area contributed by atoms with Crippen LogP contribution in [0.25, 0.3) is 11.6 Å². The molecule has 0 saturated carbocycles. The monoisotopic (exact) mass is 202 g/mol. The first-order valence-electron chi connectivity index (χ1n) is 3.69. The maximum atomic E-state index is 12.4. The van der Waals surface area contributed by atoms with Crippen LogP contribution in [-0.2, 0) is 6.30 Å². The van der Waals surface area contributed by atoms with Crippen LogP contribution in [0.1, 0.15) is 0 Å². The summed E-state index contributed by atoms with van der Waals surface area (Å²) in [4.78, 5) is 9.83. The van der Waals surface area contributed by atoms with Gasteiger partial charge in [-0.1, -0.05) is 0 Å². The highest BCUT2D eigenvalue weighted by Gasteiger charge is 2.33. The molecule has 2 heterocycles. The summed E-state index contributed by atoms with van der Waals surface area (Å²) in [5.74, 6) is -0.158. The van der Waals surface area contributed by atoms with Crippen LogP contribution in [0.3, 0.4) is 0 Å². The Labute approximate surface area is 76.4 Å². The third-order valence-electron chi connectivity index (χ3n) is 1.62. The predicted molar refractivity (Wildman–Crippen MR) is 41.1 cm³/mol. The number of nitrogens with zero attached hydrogens (tertiary/aromatic N) is 3. The van der Waals surface area contributed by atoms with Gasteiger partial charge >= 0.3 is 6.30 Å². The Kier molecular flexibility index (Phi) is 1.80. The number of aromatic nitrogens is 4. The molecule has 1 N–H and O–H groups in total. The lowest BCUT2D eigenvalue weighted by atomic mass is 10.5. The number of rotatable bonds is 1. The maximum absolute atomic E-state index is 12.4. The van der Waals surface area contributed by atoms with E-state index < -0.39 is 6.30 Å². The van der Waals surface area contributed by atoms with Gasteiger partial charge < -0.3 is 4.98 Å². The summed E-state index contributed by atoms with van der Waals surface area (Å²) in [6.45, 7) is 0. The fourth-order valence-electron chi connectivity index (χ4n) is 1.07. The molecule has 0 aliphatic rings. The van der Waals surface area contributed by atoms with Crippen molar-refractivity contribution in [3.05, 3.63) is 24.8 Å². The van der Waals surface area contributed by atoms with Gasteiger partial charge in [0.15, 0.2) is 11.6 Å². The zero-order valence-electron chi connectivity index (χ0n) is 6.78. The molecule has 0 spiro atoms. The molecule has 74 valence electrons. The maximum Gasteiger partial charge on any atom is 0.490 e. The average Bonchev–Trinajstić information content (AvgIpc) is 2.73. The smallest absolute Gasteiger partial charge is 0.342 e. The second-order valence-corrected chi connectivity index (χ2v) is 2.53. The average molecular weight is 202 g/mol. The van der Waals surface area contributed by atoms with Crippen molar-refractivity contribution in [1.82, 2.24) is 19.5 Å². The molecule has 0 amide bonds. The molecule has 2 aromatic heterocycles. The van der Waals surface area contributed by atoms with Crippen LogP contribution in [0.5, 0.6) is 0 Å². The van der Waals surface area contributed by atoms with E-state index in [9.17, 15) is 13.2 Å². The zero-order valence-corrected chi connectivity index (χ0v) is 6.78. The molecular weight excluding hydrogens is 197 g/mol. The number of hydrogen-bond donors (Lipinski definition) is 1. The molecule has 0 bridgehead atoms. The SMILES string of the molecule is FC(F)(F)n1ccnc1-c1ncc[nH]1. The van der Waals surface area contributed by atoms with Crippen LogP contribution in [0, 0.1) is 0 Å². The molecule has 0 unspecified atom stereocenters. The minimum atomic E-state index is -4.47. The molecule has 7 heteroatoms. The Hall–Kier alpha value is -1.79. The van der Waals surface area contributed by atoms with Crippen molar-refractivity contribution in [2.75, 3.05) is 0 Å². The van der Waals surface area contributed by atoms with E-state index in [1.54, 1.807) is 0 Å². The summed E-state index contributed by atoms with van der Waals surface area (Å²) < 4.78 is 37.2. The van der Waals surface area contributed by atoms with Crippen LogP contribution >= 0.6 is 0 Å². The Morgan fingerprint density at radius 1 is 1.21 bits per heavy atom. The second-order valence-electron chi connectivity index (χ2n) is 2.53. The van der Waals surface area contributed by atoms with Gasteiger partial charge in [0.25, 0.3) is 0 Å². The summed E-state index contributed by atoms with van der Waals surface area (Å²) >= 11 is 0. The molecule has 0 radical (unpaired) electrons. The lowest BCUT2D eigenvalue weighted by Crippen LogP contribution is -2.17. The minimum Gasteiger partial charge on any atom is -0.342 e. The molecule has 0 atom stereocenters. The highest BCUT2D eigenvalue weighted by atomic mass is 19.4. The largest absolute Gasteiger partial charge is 0.490 e. The normalized spacial score (nSPS) is 11.9. The Morgan fingerprint density at radius 2 is 2.00 bits per heavy atom. The quantitative estimate of drug-likeness (QED) is 0.765. The summed E-state index contributed by atoms with van der Waals surface area (Å²) in [6, 6.07) is 0. The number of H-pyrrole nitrogens is 1. The lowest BCUT2D eigenvalue weighted by molar-refractivity contribution is -0.202. The van der Waals surface area contributed by atoms with Crippen LogP contribution in [0.2, 0.25) is 0 Å². The van der Waals surface area contributed by atoms with Gasteiger partial charge in [-0.05, 0) is 0 Å². The van der Waals surface area contributed by atoms with E-state index in [1.807, 2.05) is 0 Å². The van der Waals surface area contributed by atoms with E-state index in [1.165, 1.54) is 12.4 Å². The van der Waals surface area contributed by atoms with E-state index in [0.717, 1.165) is 12.4 Å². The second kappa shape index (κ2) is 2.86. The molecule has 0 aromatic carbocycles. The first kappa shape index (κ1) is 8.79.